The molecule has 6 aromatic heterocycles. The number of alkyl halides is 6. The van der Waals surface area contributed by atoms with Crippen LogP contribution in [0.1, 0.15) is 24.2 Å². The van der Waals surface area contributed by atoms with Crippen LogP contribution in [0.4, 0.5) is 49.6 Å². The van der Waals surface area contributed by atoms with Crippen LogP contribution in [0.2, 0.25) is 0 Å². The second-order valence-corrected chi connectivity index (χ2v) is 13.1. The van der Waals surface area contributed by atoms with E-state index in [1.165, 1.54) is 12.4 Å². The van der Waals surface area contributed by atoms with E-state index < -0.39 is 47.8 Å². The van der Waals surface area contributed by atoms with Gasteiger partial charge in [-0.05, 0) is 61.7 Å². The third-order valence-electron chi connectivity index (χ3n) is 9.30. The Morgan fingerprint density at radius 3 is 1.37 bits per heavy atom. The van der Waals surface area contributed by atoms with Gasteiger partial charge in [0.25, 0.3) is 0 Å². The van der Waals surface area contributed by atoms with Crippen molar-refractivity contribution in [1.82, 2.24) is 40.3 Å². The number of nitrogens with one attached hydrogen (secondary N) is 4. The summed E-state index contributed by atoms with van der Waals surface area (Å²) in [6, 6.07) is 6.65. The average molecular weight is 753 g/mol. The maximum atomic E-state index is 12.6. The molecule has 280 valence electrons. The molecule has 8 N–H and O–H groups in total. The predicted molar refractivity (Wildman–Crippen MR) is 185 cm³/mol. The standard InChI is InChI=1S/2C17H15F3N6O/c2*1-7-10(6-23-26-7)13-2-8-3-14(22-5-11(8)15(21)24-13)25-16(27)9-4-12(9)17(18,19)20/h2*2-3,5-6,9,12H,4H2,1H3,(H2,21,24)(H,23,26)(H,22,25,27)/t9-,12-;/m1./s1. The number of nitrogens with two attached hydrogens (primary N) is 2. The van der Waals surface area contributed by atoms with Gasteiger partial charge in [0, 0.05) is 45.7 Å². The number of hydrogen-bond donors (Lipinski definition) is 6. The van der Waals surface area contributed by atoms with E-state index in [2.05, 4.69) is 51.0 Å². The molecule has 0 radical (unpaired) electrons. The lowest BCUT2D eigenvalue weighted by molar-refractivity contribution is -0.154. The number of anilines is 4. The lowest BCUT2D eigenvalue weighted by atomic mass is 10.1. The van der Waals surface area contributed by atoms with Crippen LogP contribution in [0, 0.1) is 37.5 Å². The molecule has 0 saturated heterocycles. The summed E-state index contributed by atoms with van der Waals surface area (Å²) in [6.45, 7) is 3.69. The Bertz CT molecular complexity index is 2260. The van der Waals surface area contributed by atoms with Gasteiger partial charge in [-0.25, -0.2) is 19.9 Å². The topological polar surface area (TPSA) is 219 Å². The average Bonchev–Trinajstić information content (AvgIpc) is 4.00. The lowest BCUT2D eigenvalue weighted by Crippen LogP contribution is -2.20. The summed E-state index contributed by atoms with van der Waals surface area (Å²) in [4.78, 5) is 40.9. The van der Waals surface area contributed by atoms with Crippen LogP contribution in [0.25, 0.3) is 44.1 Å². The minimum absolute atomic E-state index is 0.167. The van der Waals surface area contributed by atoms with Crippen LogP contribution >= 0.6 is 0 Å². The first kappa shape index (κ1) is 36.0. The molecule has 14 nitrogen and oxygen atoms in total. The highest BCUT2D eigenvalue weighted by atomic mass is 19.4. The number of pyridine rings is 4. The Kier molecular flexibility index (Phi) is 8.85. The van der Waals surface area contributed by atoms with E-state index >= 15 is 0 Å². The smallest absolute Gasteiger partial charge is 0.383 e. The summed E-state index contributed by atoms with van der Waals surface area (Å²) in [5, 5.41) is 20.9. The minimum atomic E-state index is -4.35. The molecule has 2 aliphatic carbocycles. The summed E-state index contributed by atoms with van der Waals surface area (Å²) in [6.07, 6.45) is -2.96. The number of carbonyl (C=O) groups is 2. The first-order valence-corrected chi connectivity index (χ1v) is 16.4. The highest BCUT2D eigenvalue weighted by Gasteiger charge is 2.59. The van der Waals surface area contributed by atoms with Gasteiger partial charge in [-0.2, -0.15) is 36.5 Å². The largest absolute Gasteiger partial charge is 0.392 e. The molecular formula is C34H30F6N12O2. The van der Waals surface area contributed by atoms with E-state index in [0.717, 1.165) is 22.5 Å². The number of halogens is 6. The van der Waals surface area contributed by atoms with Crippen LogP contribution < -0.4 is 22.1 Å². The molecule has 2 fully saturated rings. The Labute approximate surface area is 300 Å². The number of nitrogen functional groups attached to an aromatic ring is 2. The Morgan fingerprint density at radius 2 is 1.06 bits per heavy atom. The van der Waals surface area contributed by atoms with E-state index in [1.807, 2.05) is 13.8 Å². The lowest BCUT2D eigenvalue weighted by Gasteiger charge is -2.09. The number of amides is 2. The van der Waals surface area contributed by atoms with Crippen molar-refractivity contribution in [3.8, 4) is 22.5 Å². The number of H-pyrrole nitrogens is 2. The number of hydrogen-bond acceptors (Lipinski definition) is 10. The molecule has 0 aliphatic heterocycles. The van der Waals surface area contributed by atoms with Crippen molar-refractivity contribution in [2.24, 2.45) is 23.7 Å². The van der Waals surface area contributed by atoms with Crippen LogP contribution in [0.3, 0.4) is 0 Å². The number of aromatic amines is 2. The third-order valence-corrected chi connectivity index (χ3v) is 9.30. The molecule has 6 heterocycles. The van der Waals surface area contributed by atoms with Crippen LogP contribution in [0.5, 0.6) is 0 Å². The van der Waals surface area contributed by atoms with E-state index in [4.69, 9.17) is 11.5 Å². The Hall–Kier alpha value is -6.34. The molecule has 4 atom stereocenters. The van der Waals surface area contributed by atoms with Crippen molar-refractivity contribution in [3.63, 3.8) is 0 Å². The minimum Gasteiger partial charge on any atom is -0.383 e. The summed E-state index contributed by atoms with van der Waals surface area (Å²) >= 11 is 0. The third kappa shape index (κ3) is 7.30. The highest BCUT2D eigenvalue weighted by molar-refractivity contribution is 6.00. The van der Waals surface area contributed by atoms with E-state index in [0.29, 0.717) is 32.9 Å². The van der Waals surface area contributed by atoms with Crippen LogP contribution in [-0.4, -0.2) is 64.5 Å². The van der Waals surface area contributed by atoms with Gasteiger partial charge in [-0.3, -0.25) is 19.8 Å². The number of aryl methyl sites for hydroxylation is 2. The summed E-state index contributed by atoms with van der Waals surface area (Å²) in [5.41, 5.74) is 16.4. The molecule has 0 bridgehead atoms. The van der Waals surface area contributed by atoms with E-state index in [9.17, 15) is 35.9 Å². The quantitative estimate of drug-likeness (QED) is 0.107. The maximum Gasteiger partial charge on any atom is 0.392 e. The Morgan fingerprint density at radius 1 is 0.667 bits per heavy atom. The normalized spacial score (nSPS) is 19.3. The van der Waals surface area contributed by atoms with Crippen molar-refractivity contribution in [1.29, 1.82) is 0 Å². The monoisotopic (exact) mass is 752 g/mol. The van der Waals surface area contributed by atoms with Crippen LogP contribution in [-0.2, 0) is 9.59 Å². The number of aromatic nitrogens is 8. The van der Waals surface area contributed by atoms with Gasteiger partial charge in [0.05, 0.1) is 47.5 Å². The van der Waals surface area contributed by atoms with Gasteiger partial charge in [0.2, 0.25) is 11.8 Å². The first-order chi connectivity index (χ1) is 25.5. The highest BCUT2D eigenvalue weighted by Crippen LogP contribution is 2.51. The molecule has 8 rings (SSSR count). The van der Waals surface area contributed by atoms with Gasteiger partial charge in [0.1, 0.15) is 23.3 Å². The summed E-state index contributed by atoms with van der Waals surface area (Å²) in [5.74, 6) is -5.79. The molecule has 20 heteroatoms. The molecule has 0 aromatic carbocycles. The van der Waals surface area contributed by atoms with Crippen molar-refractivity contribution in [3.05, 3.63) is 60.4 Å². The first-order valence-electron chi connectivity index (χ1n) is 16.4. The molecule has 54 heavy (non-hydrogen) atoms. The van der Waals surface area contributed by atoms with Crippen LogP contribution in [0.15, 0.2) is 49.1 Å². The number of rotatable bonds is 6. The predicted octanol–water partition coefficient (Wildman–Crippen LogP) is 6.09. The van der Waals surface area contributed by atoms with Gasteiger partial charge >= 0.3 is 12.4 Å². The van der Waals surface area contributed by atoms with Gasteiger partial charge < -0.3 is 22.1 Å². The molecular weight excluding hydrogens is 722 g/mol. The van der Waals surface area contributed by atoms with Crippen molar-refractivity contribution >= 4 is 56.6 Å². The zero-order valence-corrected chi connectivity index (χ0v) is 28.3. The molecule has 2 unspecified atom stereocenters. The molecule has 2 amide bonds. The van der Waals surface area contributed by atoms with Gasteiger partial charge in [-0.15, -0.1) is 0 Å². The SMILES string of the molecule is Cc1[nH]ncc1-c1cc2cc(NC(=O)C3CC3C(F)(F)F)ncc2c(N)n1.Cc1[nH]ncc1-c1cc2cc(NC(=O)[C@@H]3C[C@H]3C(F)(F)F)ncc2c(N)n1. The fraction of sp³-hybridized carbons (Fsp3) is 0.294. The summed E-state index contributed by atoms with van der Waals surface area (Å²) < 4.78 is 75.8. The van der Waals surface area contributed by atoms with E-state index in [1.54, 1.807) is 36.7 Å². The zero-order chi connectivity index (χ0) is 38.7. The number of nitrogens with zero attached hydrogens (tertiary/aromatic N) is 6. The zero-order valence-electron chi connectivity index (χ0n) is 28.3. The van der Waals surface area contributed by atoms with Crippen molar-refractivity contribution < 1.29 is 35.9 Å². The second-order valence-electron chi connectivity index (χ2n) is 13.1. The maximum absolute atomic E-state index is 12.6. The molecule has 2 saturated carbocycles. The summed E-state index contributed by atoms with van der Waals surface area (Å²) in [7, 11) is 0. The Balaban J connectivity index is 0.000000167. The number of fused-ring (bicyclic) bond motifs is 2. The fourth-order valence-electron chi connectivity index (χ4n) is 6.11. The molecule has 2 aliphatic rings. The van der Waals surface area contributed by atoms with E-state index in [-0.39, 0.29) is 36.1 Å². The van der Waals surface area contributed by atoms with Crippen molar-refractivity contribution in [2.45, 2.75) is 39.0 Å². The fourth-order valence-corrected chi connectivity index (χ4v) is 6.11. The number of carbonyl (C=O) groups excluding carboxylic acids is 2. The van der Waals surface area contributed by atoms with Gasteiger partial charge in [-0.1, -0.05) is 0 Å². The second kappa shape index (κ2) is 13.3. The van der Waals surface area contributed by atoms with Gasteiger partial charge in [0.15, 0.2) is 0 Å². The van der Waals surface area contributed by atoms with Crippen molar-refractivity contribution in [2.75, 3.05) is 22.1 Å². The molecule has 6 aromatic rings. The molecule has 0 spiro atoms.